The Morgan fingerprint density at radius 2 is 1.67 bits per heavy atom. The first-order valence-electron chi connectivity index (χ1n) is 8.38. The first kappa shape index (κ1) is 20.5. The largest absolute Gasteiger partial charge is 0.454 e. The minimum atomic E-state index is -0.945. The summed E-state index contributed by atoms with van der Waals surface area (Å²) in [4.78, 5) is 35.9. The van der Waals surface area contributed by atoms with Gasteiger partial charge in [0.15, 0.2) is 6.10 Å². The number of hydrogen-bond acceptors (Lipinski definition) is 4. The number of amides is 2. The number of halogens is 1. The van der Waals surface area contributed by atoms with Crippen LogP contribution in [-0.4, -0.2) is 23.9 Å². The number of ether oxygens (including phenoxy) is 1. The number of primary amides is 1. The Labute approximate surface area is 162 Å². The van der Waals surface area contributed by atoms with Gasteiger partial charge < -0.3 is 15.8 Å². The van der Waals surface area contributed by atoms with Crippen LogP contribution in [0.4, 0.5) is 4.79 Å². The highest BCUT2D eigenvalue weighted by Crippen LogP contribution is 2.20. The molecule has 2 rings (SSSR count). The maximum atomic E-state index is 12.4. The van der Waals surface area contributed by atoms with Gasteiger partial charge in [0.2, 0.25) is 5.78 Å². The summed E-state index contributed by atoms with van der Waals surface area (Å²) in [6, 6.07) is 12.2. The van der Waals surface area contributed by atoms with E-state index in [1.165, 1.54) is 6.92 Å². The Bertz CT molecular complexity index is 819. The Kier molecular flexibility index (Phi) is 6.96. The Hall–Kier alpha value is -2.86. The van der Waals surface area contributed by atoms with Gasteiger partial charge in [-0.3, -0.25) is 9.59 Å². The minimum absolute atomic E-state index is 0.171. The van der Waals surface area contributed by atoms with Crippen LogP contribution in [-0.2, 0) is 9.53 Å². The average Bonchev–Trinajstić information content (AvgIpc) is 2.61. The molecule has 2 amide bonds. The number of esters is 1. The number of hydrogen-bond donors (Lipinski definition) is 2. The zero-order chi connectivity index (χ0) is 20.0. The van der Waals surface area contributed by atoms with Gasteiger partial charge in [-0.1, -0.05) is 53.6 Å². The van der Waals surface area contributed by atoms with Crippen LogP contribution in [0, 0.1) is 6.92 Å². The lowest BCUT2D eigenvalue weighted by Gasteiger charge is -2.19. The second-order valence-corrected chi connectivity index (χ2v) is 6.62. The van der Waals surface area contributed by atoms with Crippen molar-refractivity contribution in [2.45, 2.75) is 32.4 Å². The molecule has 0 bridgehead atoms. The fraction of sp³-hybridized carbons (Fsp3) is 0.250. The van der Waals surface area contributed by atoms with Crippen molar-refractivity contribution in [3.8, 4) is 0 Å². The lowest BCUT2D eigenvalue weighted by atomic mass is 10.0. The fourth-order valence-corrected chi connectivity index (χ4v) is 2.66. The highest BCUT2D eigenvalue weighted by atomic mass is 35.5. The van der Waals surface area contributed by atoms with E-state index in [0.29, 0.717) is 16.1 Å². The van der Waals surface area contributed by atoms with Crippen molar-refractivity contribution in [3.63, 3.8) is 0 Å². The Morgan fingerprint density at radius 3 is 2.22 bits per heavy atom. The predicted molar refractivity (Wildman–Crippen MR) is 103 cm³/mol. The lowest BCUT2D eigenvalue weighted by molar-refractivity contribution is -0.146. The maximum Gasteiger partial charge on any atom is 0.312 e. The average molecular weight is 389 g/mol. The second kappa shape index (κ2) is 9.19. The number of aryl methyl sites for hydroxylation is 1. The van der Waals surface area contributed by atoms with E-state index in [0.717, 1.165) is 5.56 Å². The highest BCUT2D eigenvalue weighted by Gasteiger charge is 2.23. The molecule has 6 nitrogen and oxygen atoms in total. The van der Waals surface area contributed by atoms with Gasteiger partial charge in [-0.2, -0.15) is 0 Å². The molecule has 27 heavy (non-hydrogen) atoms. The van der Waals surface area contributed by atoms with Crippen molar-refractivity contribution in [3.05, 3.63) is 70.2 Å². The molecule has 0 spiro atoms. The van der Waals surface area contributed by atoms with E-state index in [1.807, 2.05) is 19.1 Å². The predicted octanol–water partition coefficient (Wildman–Crippen LogP) is 3.56. The molecule has 0 unspecified atom stereocenters. The molecule has 0 radical (unpaired) electrons. The SMILES string of the molecule is Cc1ccc(C(=O)[C@@H](C)OC(=O)C[C@@H](NC(N)=O)c2ccc(Cl)cc2)cc1. The van der Waals surface area contributed by atoms with Crippen LogP contribution < -0.4 is 11.1 Å². The summed E-state index contributed by atoms with van der Waals surface area (Å²) in [7, 11) is 0. The molecule has 7 heteroatoms. The van der Waals surface area contributed by atoms with Crippen molar-refractivity contribution in [1.82, 2.24) is 5.32 Å². The van der Waals surface area contributed by atoms with Gasteiger partial charge >= 0.3 is 12.0 Å². The van der Waals surface area contributed by atoms with Crippen LogP contribution in [0.1, 0.15) is 40.9 Å². The molecule has 0 aromatic heterocycles. The first-order valence-corrected chi connectivity index (χ1v) is 8.76. The van der Waals surface area contributed by atoms with E-state index < -0.39 is 24.1 Å². The minimum Gasteiger partial charge on any atom is -0.454 e. The molecule has 0 saturated heterocycles. The quantitative estimate of drug-likeness (QED) is 0.559. The number of nitrogens with two attached hydrogens (primary N) is 1. The zero-order valence-corrected chi connectivity index (χ0v) is 15.8. The van der Waals surface area contributed by atoms with Crippen molar-refractivity contribution in [1.29, 1.82) is 0 Å². The molecule has 0 aliphatic heterocycles. The van der Waals surface area contributed by atoms with E-state index in [4.69, 9.17) is 22.1 Å². The monoisotopic (exact) mass is 388 g/mol. The van der Waals surface area contributed by atoms with Crippen LogP contribution in [0.25, 0.3) is 0 Å². The third-order valence-corrected chi connectivity index (χ3v) is 4.23. The summed E-state index contributed by atoms with van der Waals surface area (Å²) in [6.45, 7) is 3.43. The summed E-state index contributed by atoms with van der Waals surface area (Å²) in [5.74, 6) is -0.925. The van der Waals surface area contributed by atoms with Gasteiger partial charge in [-0.15, -0.1) is 0 Å². The molecule has 2 aromatic rings. The molecule has 0 fully saturated rings. The summed E-state index contributed by atoms with van der Waals surface area (Å²) in [5.41, 5.74) is 7.33. The standard InChI is InChI=1S/C20H21ClN2O4/c1-12-3-5-15(6-4-12)19(25)13(2)27-18(24)11-17(23-20(22)26)14-7-9-16(21)10-8-14/h3-10,13,17H,11H2,1-2H3,(H3,22,23,26)/t13-,17-/m1/s1. The Morgan fingerprint density at radius 1 is 1.07 bits per heavy atom. The topological polar surface area (TPSA) is 98.5 Å². The smallest absolute Gasteiger partial charge is 0.312 e. The molecule has 0 saturated carbocycles. The summed E-state index contributed by atoms with van der Waals surface area (Å²) >= 11 is 5.86. The summed E-state index contributed by atoms with van der Waals surface area (Å²) in [5, 5.41) is 3.02. The van der Waals surface area contributed by atoms with Crippen molar-refractivity contribution in [2.75, 3.05) is 0 Å². The molecule has 2 atom stereocenters. The molecule has 0 aliphatic rings. The summed E-state index contributed by atoms with van der Waals surface area (Å²) in [6.07, 6.45) is -1.12. The number of carbonyl (C=O) groups is 3. The third-order valence-electron chi connectivity index (χ3n) is 3.97. The number of carbonyl (C=O) groups excluding carboxylic acids is 3. The van der Waals surface area contributed by atoms with Gasteiger partial charge in [0.25, 0.3) is 0 Å². The van der Waals surface area contributed by atoms with E-state index in [1.54, 1.807) is 36.4 Å². The van der Waals surface area contributed by atoms with Gasteiger partial charge in [-0.25, -0.2) is 4.79 Å². The van der Waals surface area contributed by atoms with E-state index in [2.05, 4.69) is 5.32 Å². The fourth-order valence-electron chi connectivity index (χ4n) is 2.54. The van der Waals surface area contributed by atoms with Gasteiger partial charge in [0.1, 0.15) is 0 Å². The van der Waals surface area contributed by atoms with E-state index >= 15 is 0 Å². The summed E-state index contributed by atoms with van der Waals surface area (Å²) < 4.78 is 5.25. The number of Topliss-reactive ketones (excluding diaryl/α,β-unsaturated/α-hetero) is 1. The molecule has 0 heterocycles. The second-order valence-electron chi connectivity index (χ2n) is 6.18. The molecule has 3 N–H and O–H groups in total. The highest BCUT2D eigenvalue weighted by molar-refractivity contribution is 6.30. The Balaban J connectivity index is 2.03. The lowest BCUT2D eigenvalue weighted by Crippen LogP contribution is -2.35. The van der Waals surface area contributed by atoms with Gasteiger partial charge in [0.05, 0.1) is 12.5 Å². The van der Waals surface area contributed by atoms with Crippen molar-refractivity contribution < 1.29 is 19.1 Å². The number of ketones is 1. The van der Waals surface area contributed by atoms with Crippen molar-refractivity contribution >= 4 is 29.4 Å². The molecule has 142 valence electrons. The van der Waals surface area contributed by atoms with Crippen LogP contribution >= 0.6 is 11.6 Å². The van der Waals surface area contributed by atoms with E-state index in [-0.39, 0.29) is 12.2 Å². The maximum absolute atomic E-state index is 12.4. The number of urea groups is 1. The van der Waals surface area contributed by atoms with Crippen LogP contribution in [0.3, 0.4) is 0 Å². The van der Waals surface area contributed by atoms with Crippen LogP contribution in [0.5, 0.6) is 0 Å². The van der Waals surface area contributed by atoms with Crippen LogP contribution in [0.15, 0.2) is 48.5 Å². The number of benzene rings is 2. The first-order chi connectivity index (χ1) is 12.8. The molecule has 2 aromatic carbocycles. The van der Waals surface area contributed by atoms with Crippen molar-refractivity contribution in [2.24, 2.45) is 5.73 Å². The van der Waals surface area contributed by atoms with Gasteiger partial charge in [0, 0.05) is 10.6 Å². The number of rotatable bonds is 7. The van der Waals surface area contributed by atoms with Crippen LogP contribution in [0.2, 0.25) is 5.02 Å². The van der Waals surface area contributed by atoms with E-state index in [9.17, 15) is 14.4 Å². The molecule has 0 aliphatic carbocycles. The normalized spacial score (nSPS) is 12.7. The zero-order valence-electron chi connectivity index (χ0n) is 15.1. The van der Waals surface area contributed by atoms with Gasteiger partial charge in [-0.05, 0) is 31.5 Å². The molecular weight excluding hydrogens is 368 g/mol. The molecular formula is C20H21ClN2O4. The third kappa shape index (κ3) is 6.11. The number of nitrogens with one attached hydrogen (secondary N) is 1.